The number of benzene rings is 3. The molecule has 0 aromatic heterocycles. The Balaban J connectivity index is 1.78. The zero-order valence-electron chi connectivity index (χ0n) is 18.2. The molecule has 2 N–H and O–H groups in total. The van der Waals surface area contributed by atoms with Gasteiger partial charge in [-0.15, -0.1) is 0 Å². The number of phenols is 1. The molecule has 33 heavy (non-hydrogen) atoms. The average molecular weight is 469 g/mol. The minimum atomic E-state index is -3.80. The Hall–Kier alpha value is -3.65. The molecule has 0 aliphatic carbocycles. The van der Waals surface area contributed by atoms with Gasteiger partial charge in [0.05, 0.1) is 20.9 Å². The Morgan fingerprint density at radius 2 is 1.48 bits per heavy atom. The molecule has 0 aliphatic rings. The summed E-state index contributed by atoms with van der Waals surface area (Å²) in [6, 6.07) is 14.4. The molecule has 0 unspecified atom stereocenters. The van der Waals surface area contributed by atoms with Gasteiger partial charge < -0.3 is 14.9 Å². The van der Waals surface area contributed by atoms with Gasteiger partial charge in [-0.05, 0) is 67.4 Å². The van der Waals surface area contributed by atoms with Crippen LogP contribution in [0.5, 0.6) is 11.5 Å². The first-order valence-corrected chi connectivity index (χ1v) is 11.8. The van der Waals surface area contributed by atoms with E-state index in [1.807, 2.05) is 6.92 Å². The fourth-order valence-electron chi connectivity index (χ4n) is 3.37. The Bertz CT molecular complexity index is 1280. The first kappa shape index (κ1) is 24.0. The highest BCUT2D eigenvalue weighted by Crippen LogP contribution is 2.33. The predicted octanol–water partition coefficient (Wildman–Crippen LogP) is 4.66. The average Bonchev–Trinajstić information content (AvgIpc) is 2.79. The highest BCUT2D eigenvalue weighted by molar-refractivity contribution is 7.91. The second-order valence-corrected chi connectivity index (χ2v) is 9.46. The molecular formula is C25H24O7S. The van der Waals surface area contributed by atoms with Gasteiger partial charge in [-0.2, -0.15) is 0 Å². The van der Waals surface area contributed by atoms with E-state index in [1.54, 1.807) is 18.2 Å². The van der Waals surface area contributed by atoms with Crippen LogP contribution in [-0.4, -0.2) is 30.4 Å². The highest BCUT2D eigenvalue weighted by atomic mass is 32.2. The van der Waals surface area contributed by atoms with Crippen molar-refractivity contribution in [2.75, 3.05) is 0 Å². The summed E-state index contributed by atoms with van der Waals surface area (Å²) in [5.41, 5.74) is 1.53. The zero-order valence-corrected chi connectivity index (χ0v) is 19.1. The number of ketones is 1. The third-order valence-corrected chi connectivity index (χ3v) is 6.94. The van der Waals surface area contributed by atoms with Gasteiger partial charge in [0.1, 0.15) is 18.1 Å². The van der Waals surface area contributed by atoms with E-state index >= 15 is 0 Å². The molecule has 172 valence electrons. The molecule has 0 aliphatic heterocycles. The van der Waals surface area contributed by atoms with E-state index in [9.17, 15) is 23.1 Å². The lowest BCUT2D eigenvalue weighted by Crippen LogP contribution is -2.05. The number of hydrogen-bond acceptors (Lipinski definition) is 6. The van der Waals surface area contributed by atoms with Gasteiger partial charge in [-0.1, -0.05) is 25.5 Å². The van der Waals surface area contributed by atoms with Crippen molar-refractivity contribution in [2.24, 2.45) is 0 Å². The zero-order chi connectivity index (χ0) is 24.2. The third-order valence-electron chi connectivity index (χ3n) is 5.16. The number of rotatable bonds is 9. The lowest BCUT2D eigenvalue weighted by Gasteiger charge is -2.15. The number of aromatic hydroxyl groups is 1. The molecule has 0 atom stereocenters. The van der Waals surface area contributed by atoms with Crippen LogP contribution in [0.1, 0.15) is 52.1 Å². The summed E-state index contributed by atoms with van der Waals surface area (Å²) in [4.78, 5) is 22.7. The normalized spacial score (nSPS) is 11.2. The van der Waals surface area contributed by atoms with Crippen molar-refractivity contribution in [3.8, 4) is 11.5 Å². The van der Waals surface area contributed by atoms with Crippen molar-refractivity contribution in [1.29, 1.82) is 0 Å². The molecule has 0 fully saturated rings. The number of carboxylic acid groups (broad SMARTS) is 1. The minimum Gasteiger partial charge on any atom is -0.507 e. The Kier molecular flexibility index (Phi) is 7.18. The Morgan fingerprint density at radius 3 is 2.00 bits per heavy atom. The van der Waals surface area contributed by atoms with Gasteiger partial charge in [-0.25, -0.2) is 13.2 Å². The first-order chi connectivity index (χ1) is 15.6. The third kappa shape index (κ3) is 5.23. The van der Waals surface area contributed by atoms with Crippen molar-refractivity contribution in [2.45, 2.75) is 43.1 Å². The molecule has 3 rings (SSSR count). The number of Topliss-reactive ketones (excluding diaryl/α,β-unsaturated/α-hetero) is 1. The second kappa shape index (κ2) is 9.87. The van der Waals surface area contributed by atoms with Crippen LogP contribution in [0.3, 0.4) is 0 Å². The van der Waals surface area contributed by atoms with Crippen LogP contribution < -0.4 is 4.74 Å². The van der Waals surface area contributed by atoms with E-state index in [0.29, 0.717) is 23.3 Å². The summed E-state index contributed by atoms with van der Waals surface area (Å²) >= 11 is 0. The number of carboxylic acids is 1. The lowest BCUT2D eigenvalue weighted by atomic mass is 10.0. The van der Waals surface area contributed by atoms with Crippen molar-refractivity contribution in [3.63, 3.8) is 0 Å². The predicted molar refractivity (Wildman–Crippen MR) is 122 cm³/mol. The smallest absolute Gasteiger partial charge is 0.335 e. The molecule has 0 bridgehead atoms. The van der Waals surface area contributed by atoms with E-state index in [1.165, 1.54) is 49.4 Å². The van der Waals surface area contributed by atoms with Crippen LogP contribution in [0, 0.1) is 0 Å². The summed E-state index contributed by atoms with van der Waals surface area (Å²) in [5, 5.41) is 19.4. The van der Waals surface area contributed by atoms with Gasteiger partial charge in [0.15, 0.2) is 5.78 Å². The molecule has 7 nitrogen and oxygen atoms in total. The fourth-order valence-corrected chi connectivity index (χ4v) is 4.63. The van der Waals surface area contributed by atoms with Gasteiger partial charge in [-0.3, -0.25) is 4.79 Å². The SMILES string of the molecule is CCCc1c(OCc2ccc(S(=O)(=O)c3ccc(C(=O)O)cc3)cc2)ccc(C(C)=O)c1O. The van der Waals surface area contributed by atoms with Crippen LogP contribution in [0.4, 0.5) is 0 Å². The van der Waals surface area contributed by atoms with Crippen molar-refractivity contribution >= 4 is 21.6 Å². The van der Waals surface area contributed by atoms with Gasteiger partial charge in [0.25, 0.3) is 0 Å². The van der Waals surface area contributed by atoms with Crippen LogP contribution in [0.2, 0.25) is 0 Å². The van der Waals surface area contributed by atoms with Gasteiger partial charge >= 0.3 is 5.97 Å². The van der Waals surface area contributed by atoms with Crippen molar-refractivity contribution in [3.05, 3.63) is 82.9 Å². The molecule has 0 heterocycles. The molecule has 8 heteroatoms. The Morgan fingerprint density at radius 1 is 0.909 bits per heavy atom. The molecule has 0 radical (unpaired) electrons. The van der Waals surface area contributed by atoms with Crippen molar-refractivity contribution in [1.82, 2.24) is 0 Å². The van der Waals surface area contributed by atoms with E-state index in [4.69, 9.17) is 9.84 Å². The number of ether oxygens (including phenoxy) is 1. The maximum Gasteiger partial charge on any atom is 0.335 e. The molecule has 3 aromatic carbocycles. The van der Waals surface area contributed by atoms with E-state index in [2.05, 4.69) is 0 Å². The van der Waals surface area contributed by atoms with Crippen molar-refractivity contribution < 1.29 is 33.0 Å². The lowest BCUT2D eigenvalue weighted by molar-refractivity contribution is 0.0696. The molecule has 3 aromatic rings. The second-order valence-electron chi connectivity index (χ2n) is 7.51. The summed E-state index contributed by atoms with van der Waals surface area (Å²) in [5.74, 6) is -0.966. The van der Waals surface area contributed by atoms with Crippen LogP contribution in [-0.2, 0) is 22.9 Å². The number of sulfone groups is 1. The van der Waals surface area contributed by atoms with E-state index < -0.39 is 15.8 Å². The first-order valence-electron chi connectivity index (χ1n) is 10.3. The molecule has 0 saturated carbocycles. The summed E-state index contributed by atoms with van der Waals surface area (Å²) < 4.78 is 31.5. The maximum absolute atomic E-state index is 12.8. The summed E-state index contributed by atoms with van der Waals surface area (Å²) in [7, 11) is -3.80. The van der Waals surface area contributed by atoms with Crippen LogP contribution >= 0.6 is 0 Å². The maximum atomic E-state index is 12.8. The minimum absolute atomic E-state index is 0.00161. The highest BCUT2D eigenvalue weighted by Gasteiger charge is 2.19. The quantitative estimate of drug-likeness (QED) is 0.439. The standard InChI is InChI=1S/C25H24O7S/c1-3-4-22-23(14-13-21(16(2)26)24(22)27)32-15-17-5-9-19(10-6-17)33(30,31)20-11-7-18(8-12-20)25(28)29/h5-14,27H,3-4,15H2,1-2H3,(H,28,29). The summed E-state index contributed by atoms with van der Waals surface area (Å²) in [6.45, 7) is 3.49. The van der Waals surface area contributed by atoms with E-state index in [-0.39, 0.29) is 39.1 Å². The molecule has 0 saturated heterocycles. The van der Waals surface area contributed by atoms with E-state index in [0.717, 1.165) is 6.42 Å². The van der Waals surface area contributed by atoms with Gasteiger partial charge in [0.2, 0.25) is 9.84 Å². The van der Waals surface area contributed by atoms with Crippen LogP contribution in [0.25, 0.3) is 0 Å². The number of carbonyl (C=O) groups excluding carboxylic acids is 1. The number of aromatic carboxylic acids is 1. The molecule has 0 spiro atoms. The summed E-state index contributed by atoms with van der Waals surface area (Å²) in [6.07, 6.45) is 1.30. The number of phenolic OH excluding ortho intramolecular Hbond substituents is 1. The number of hydrogen-bond donors (Lipinski definition) is 2. The topological polar surface area (TPSA) is 118 Å². The molecule has 0 amide bonds. The largest absolute Gasteiger partial charge is 0.507 e. The fraction of sp³-hybridized carbons (Fsp3) is 0.200. The van der Waals surface area contributed by atoms with Crippen LogP contribution in [0.15, 0.2) is 70.5 Å². The van der Waals surface area contributed by atoms with Gasteiger partial charge in [0, 0.05) is 5.56 Å². The monoisotopic (exact) mass is 468 g/mol. The Labute approximate surface area is 192 Å². The number of carbonyl (C=O) groups is 2. The molecular weight excluding hydrogens is 444 g/mol.